The molecule has 0 saturated carbocycles. The van der Waals surface area contributed by atoms with Crippen LogP contribution in [0.15, 0.2) is 30.5 Å². The second kappa shape index (κ2) is 5.52. The van der Waals surface area contributed by atoms with E-state index in [2.05, 4.69) is 15.3 Å². The van der Waals surface area contributed by atoms with Crippen molar-refractivity contribution in [2.24, 2.45) is 0 Å². The molecule has 0 amide bonds. The van der Waals surface area contributed by atoms with E-state index < -0.39 is 11.7 Å². The summed E-state index contributed by atoms with van der Waals surface area (Å²) in [4.78, 5) is 7.07. The standard InChI is InChI=1S/C15H18F3N3/c1-14(2,3)20-9-13-19-8-12(21-13)10-6-4-5-7-11(10)15(16,17)18/h4-8,20H,9H2,1-3H3,(H,19,21). The summed E-state index contributed by atoms with van der Waals surface area (Å²) in [5, 5.41) is 3.23. The Morgan fingerprint density at radius 2 is 1.81 bits per heavy atom. The normalized spacial score (nSPS) is 12.7. The molecule has 1 heterocycles. The van der Waals surface area contributed by atoms with Crippen molar-refractivity contribution in [3.05, 3.63) is 41.9 Å². The van der Waals surface area contributed by atoms with Crippen LogP contribution in [0.4, 0.5) is 13.2 Å². The summed E-state index contributed by atoms with van der Waals surface area (Å²) in [5.74, 6) is 0.608. The Morgan fingerprint density at radius 1 is 1.14 bits per heavy atom. The molecule has 2 aromatic rings. The highest BCUT2D eigenvalue weighted by Crippen LogP contribution is 2.36. The predicted octanol–water partition coefficient (Wildman–Crippen LogP) is 3.98. The highest BCUT2D eigenvalue weighted by atomic mass is 19.4. The number of aromatic amines is 1. The summed E-state index contributed by atoms with van der Waals surface area (Å²) >= 11 is 0. The van der Waals surface area contributed by atoms with Crippen LogP contribution in [0.2, 0.25) is 0 Å². The smallest absolute Gasteiger partial charge is 0.341 e. The molecule has 3 nitrogen and oxygen atoms in total. The maximum absolute atomic E-state index is 13.0. The lowest BCUT2D eigenvalue weighted by molar-refractivity contribution is -0.137. The van der Waals surface area contributed by atoms with Crippen molar-refractivity contribution in [3.8, 4) is 11.3 Å². The molecule has 0 aliphatic carbocycles. The van der Waals surface area contributed by atoms with Gasteiger partial charge in [0, 0.05) is 11.1 Å². The van der Waals surface area contributed by atoms with Crippen LogP contribution >= 0.6 is 0 Å². The second-order valence-electron chi connectivity index (χ2n) is 5.89. The molecule has 0 aliphatic heterocycles. The number of nitrogens with one attached hydrogen (secondary N) is 2. The van der Waals surface area contributed by atoms with Gasteiger partial charge in [-0.25, -0.2) is 4.98 Å². The average molecular weight is 297 g/mol. The Labute approximate surface area is 121 Å². The quantitative estimate of drug-likeness (QED) is 0.899. The van der Waals surface area contributed by atoms with Gasteiger partial charge in [-0.2, -0.15) is 13.2 Å². The molecular formula is C15H18F3N3. The molecular weight excluding hydrogens is 279 g/mol. The summed E-state index contributed by atoms with van der Waals surface area (Å²) in [6.07, 6.45) is -2.95. The molecule has 0 atom stereocenters. The first kappa shape index (κ1) is 15.6. The summed E-state index contributed by atoms with van der Waals surface area (Å²) in [6, 6.07) is 5.48. The van der Waals surface area contributed by atoms with Crippen LogP contribution in [0.25, 0.3) is 11.3 Å². The van der Waals surface area contributed by atoms with E-state index in [1.165, 1.54) is 18.3 Å². The molecule has 2 rings (SSSR count). The van der Waals surface area contributed by atoms with Crippen molar-refractivity contribution in [3.63, 3.8) is 0 Å². The fourth-order valence-electron chi connectivity index (χ4n) is 1.90. The molecule has 1 aromatic heterocycles. The Bertz CT molecular complexity index is 609. The van der Waals surface area contributed by atoms with Crippen molar-refractivity contribution in [1.29, 1.82) is 0 Å². The minimum atomic E-state index is -4.38. The van der Waals surface area contributed by atoms with E-state index >= 15 is 0 Å². The number of hydrogen-bond acceptors (Lipinski definition) is 2. The van der Waals surface area contributed by atoms with Gasteiger partial charge < -0.3 is 10.3 Å². The maximum atomic E-state index is 13.0. The molecule has 0 aliphatic rings. The van der Waals surface area contributed by atoms with Crippen LogP contribution in [0.5, 0.6) is 0 Å². The lowest BCUT2D eigenvalue weighted by Gasteiger charge is -2.19. The molecule has 0 fully saturated rings. The van der Waals surface area contributed by atoms with Crippen LogP contribution in [0.1, 0.15) is 32.2 Å². The van der Waals surface area contributed by atoms with Crippen LogP contribution in [0.3, 0.4) is 0 Å². The Morgan fingerprint density at radius 3 is 2.43 bits per heavy atom. The molecule has 0 bridgehead atoms. The molecule has 0 radical (unpaired) electrons. The van der Waals surface area contributed by atoms with Gasteiger partial charge in [0.25, 0.3) is 0 Å². The first-order valence-corrected chi connectivity index (χ1v) is 6.62. The summed E-state index contributed by atoms with van der Waals surface area (Å²) < 4.78 is 39.0. The topological polar surface area (TPSA) is 40.7 Å². The van der Waals surface area contributed by atoms with Crippen LogP contribution in [-0.4, -0.2) is 15.5 Å². The van der Waals surface area contributed by atoms with Crippen molar-refractivity contribution < 1.29 is 13.2 Å². The molecule has 114 valence electrons. The third-order valence-electron chi connectivity index (χ3n) is 2.94. The number of H-pyrrole nitrogens is 1. The van der Waals surface area contributed by atoms with Gasteiger partial charge in [0.05, 0.1) is 24.0 Å². The lowest BCUT2D eigenvalue weighted by Crippen LogP contribution is -2.35. The fraction of sp³-hybridized carbons (Fsp3) is 0.400. The van der Waals surface area contributed by atoms with E-state index in [9.17, 15) is 13.2 Å². The van der Waals surface area contributed by atoms with Crippen molar-refractivity contribution >= 4 is 0 Å². The molecule has 2 N–H and O–H groups in total. The monoisotopic (exact) mass is 297 g/mol. The first-order valence-electron chi connectivity index (χ1n) is 6.62. The van der Waals surface area contributed by atoms with Gasteiger partial charge in [-0.15, -0.1) is 0 Å². The van der Waals surface area contributed by atoms with Crippen molar-refractivity contribution in [1.82, 2.24) is 15.3 Å². The fourth-order valence-corrected chi connectivity index (χ4v) is 1.90. The highest BCUT2D eigenvalue weighted by molar-refractivity contribution is 5.64. The number of hydrogen-bond donors (Lipinski definition) is 2. The first-order chi connectivity index (χ1) is 9.67. The Balaban J connectivity index is 2.26. The van der Waals surface area contributed by atoms with Crippen LogP contribution in [0, 0.1) is 0 Å². The van der Waals surface area contributed by atoms with Gasteiger partial charge in [-0.05, 0) is 26.8 Å². The molecule has 21 heavy (non-hydrogen) atoms. The van der Waals surface area contributed by atoms with E-state index in [4.69, 9.17) is 0 Å². The number of alkyl halides is 3. The summed E-state index contributed by atoms with van der Waals surface area (Å²) in [5.41, 5.74) is -0.270. The van der Waals surface area contributed by atoms with Gasteiger partial charge in [-0.3, -0.25) is 0 Å². The average Bonchev–Trinajstić information content (AvgIpc) is 2.83. The van der Waals surface area contributed by atoms with E-state index in [0.717, 1.165) is 6.07 Å². The van der Waals surface area contributed by atoms with E-state index in [0.29, 0.717) is 18.1 Å². The van der Waals surface area contributed by atoms with Crippen LogP contribution < -0.4 is 5.32 Å². The SMILES string of the molecule is CC(C)(C)NCc1ncc(-c2ccccc2C(F)(F)F)[nH]1. The molecule has 1 aromatic carbocycles. The third kappa shape index (κ3) is 4.07. The number of halogens is 3. The number of benzene rings is 1. The zero-order valence-corrected chi connectivity index (χ0v) is 12.2. The number of aromatic nitrogens is 2. The lowest BCUT2D eigenvalue weighted by atomic mass is 10.1. The Hall–Kier alpha value is -1.82. The van der Waals surface area contributed by atoms with Crippen LogP contribution in [-0.2, 0) is 12.7 Å². The van der Waals surface area contributed by atoms with Gasteiger partial charge in [0.2, 0.25) is 0 Å². The number of imidazole rings is 1. The van der Waals surface area contributed by atoms with Crippen molar-refractivity contribution in [2.75, 3.05) is 0 Å². The largest absolute Gasteiger partial charge is 0.417 e. The predicted molar refractivity (Wildman–Crippen MR) is 75.6 cm³/mol. The second-order valence-corrected chi connectivity index (χ2v) is 5.89. The van der Waals surface area contributed by atoms with Gasteiger partial charge in [-0.1, -0.05) is 18.2 Å². The van der Waals surface area contributed by atoms with E-state index in [-0.39, 0.29) is 11.1 Å². The summed E-state index contributed by atoms with van der Waals surface area (Å²) in [7, 11) is 0. The Kier molecular flexibility index (Phi) is 4.09. The van der Waals surface area contributed by atoms with Gasteiger partial charge in [0.1, 0.15) is 5.82 Å². The van der Waals surface area contributed by atoms with E-state index in [1.807, 2.05) is 20.8 Å². The molecule has 6 heteroatoms. The van der Waals surface area contributed by atoms with Gasteiger partial charge in [0.15, 0.2) is 0 Å². The maximum Gasteiger partial charge on any atom is 0.417 e. The number of rotatable bonds is 3. The highest BCUT2D eigenvalue weighted by Gasteiger charge is 2.33. The minimum absolute atomic E-state index is 0.0865. The summed E-state index contributed by atoms with van der Waals surface area (Å²) in [6.45, 7) is 6.50. The van der Waals surface area contributed by atoms with Gasteiger partial charge >= 0.3 is 6.18 Å². The van der Waals surface area contributed by atoms with Crippen molar-refractivity contribution in [2.45, 2.75) is 39.0 Å². The zero-order valence-electron chi connectivity index (χ0n) is 12.2. The molecule has 0 unspecified atom stereocenters. The number of nitrogens with zero attached hydrogens (tertiary/aromatic N) is 1. The van der Waals surface area contributed by atoms with E-state index in [1.54, 1.807) is 6.07 Å². The molecule has 0 saturated heterocycles. The minimum Gasteiger partial charge on any atom is -0.341 e. The zero-order chi connectivity index (χ0) is 15.7. The third-order valence-corrected chi connectivity index (χ3v) is 2.94. The molecule has 0 spiro atoms.